The van der Waals surface area contributed by atoms with E-state index >= 15 is 0 Å². The van der Waals surface area contributed by atoms with Gasteiger partial charge in [-0.25, -0.2) is 9.37 Å². The van der Waals surface area contributed by atoms with Crippen LogP contribution >= 0.6 is 11.6 Å². The predicted molar refractivity (Wildman–Crippen MR) is 144 cm³/mol. The second-order valence-electron chi connectivity index (χ2n) is 11.0. The standard InChI is InChI=1S/C26H39ClFN7/c1-7-34-10-12-35(13-11-34)22-14-18(8-9-20(22)27)31-24-29-17-21(28)23(32-24)30-19-15-25(2,3)33(6)26(4,5)16-19/h8-9,14,17,19H,7,10-13,15-16H2,1-6H3,(H2,29,30,31,32). The van der Waals surface area contributed by atoms with Crippen molar-refractivity contribution in [2.45, 2.75) is 64.6 Å². The molecule has 0 bridgehead atoms. The molecule has 2 saturated heterocycles. The zero-order chi connectivity index (χ0) is 25.4. The number of halogens is 2. The molecule has 0 atom stereocenters. The van der Waals surface area contributed by atoms with E-state index in [0.717, 1.165) is 62.0 Å². The Bertz CT molecular complexity index is 1020. The second kappa shape index (κ2) is 10.1. The fourth-order valence-corrected chi connectivity index (χ4v) is 5.70. The van der Waals surface area contributed by atoms with E-state index < -0.39 is 5.82 Å². The van der Waals surface area contributed by atoms with Crippen LogP contribution in [0.1, 0.15) is 47.5 Å². The molecule has 0 saturated carbocycles. The van der Waals surface area contributed by atoms with Crippen LogP contribution in [0.5, 0.6) is 0 Å². The minimum Gasteiger partial charge on any atom is -0.368 e. The SMILES string of the molecule is CCN1CCN(c2cc(Nc3ncc(F)c(NC4CC(C)(C)N(C)C(C)(C)C4)n3)ccc2Cl)CC1. The van der Waals surface area contributed by atoms with Crippen LogP contribution in [0.3, 0.4) is 0 Å². The first-order valence-corrected chi connectivity index (χ1v) is 12.9. The first-order valence-electron chi connectivity index (χ1n) is 12.6. The molecule has 4 rings (SSSR count). The highest BCUT2D eigenvalue weighted by Gasteiger charge is 2.43. The third kappa shape index (κ3) is 5.81. The van der Waals surface area contributed by atoms with Gasteiger partial charge in [0.15, 0.2) is 11.6 Å². The molecule has 192 valence electrons. The van der Waals surface area contributed by atoms with Crippen LogP contribution in [0, 0.1) is 5.82 Å². The van der Waals surface area contributed by atoms with Crippen LogP contribution in [0.4, 0.5) is 27.5 Å². The Kier molecular flexibility index (Phi) is 7.46. The largest absolute Gasteiger partial charge is 0.368 e. The van der Waals surface area contributed by atoms with Crippen LogP contribution in [0.25, 0.3) is 0 Å². The summed E-state index contributed by atoms with van der Waals surface area (Å²) >= 11 is 6.54. The van der Waals surface area contributed by atoms with Crippen LogP contribution in [0.2, 0.25) is 5.02 Å². The lowest BCUT2D eigenvalue weighted by atomic mass is 9.77. The molecule has 0 aliphatic carbocycles. The topological polar surface area (TPSA) is 59.6 Å². The van der Waals surface area contributed by atoms with E-state index in [2.05, 4.69) is 77.0 Å². The molecule has 2 aliphatic heterocycles. The molecule has 2 N–H and O–H groups in total. The Balaban J connectivity index is 1.49. The molecule has 35 heavy (non-hydrogen) atoms. The third-order valence-corrected chi connectivity index (χ3v) is 8.07. The van der Waals surface area contributed by atoms with Gasteiger partial charge in [0, 0.05) is 49.0 Å². The summed E-state index contributed by atoms with van der Waals surface area (Å²) in [5, 5.41) is 7.32. The van der Waals surface area contributed by atoms with Crippen molar-refractivity contribution in [3.8, 4) is 0 Å². The molecule has 0 unspecified atom stereocenters. The van der Waals surface area contributed by atoms with Gasteiger partial charge in [0.1, 0.15) is 0 Å². The van der Waals surface area contributed by atoms with Crippen molar-refractivity contribution in [1.82, 2.24) is 19.8 Å². The van der Waals surface area contributed by atoms with Crippen molar-refractivity contribution in [2.75, 3.05) is 55.3 Å². The van der Waals surface area contributed by atoms with Crippen LogP contribution < -0.4 is 15.5 Å². The summed E-state index contributed by atoms with van der Waals surface area (Å²) in [5.74, 6) is 0.133. The number of hydrogen-bond donors (Lipinski definition) is 2. The average Bonchev–Trinajstić information content (AvgIpc) is 2.80. The lowest BCUT2D eigenvalue weighted by molar-refractivity contribution is -0.00778. The maximum absolute atomic E-state index is 14.7. The van der Waals surface area contributed by atoms with Crippen LogP contribution in [-0.2, 0) is 0 Å². The Labute approximate surface area is 214 Å². The molecule has 1 aromatic carbocycles. The van der Waals surface area contributed by atoms with Gasteiger partial charge in [0.25, 0.3) is 0 Å². The summed E-state index contributed by atoms with van der Waals surface area (Å²) in [6.45, 7) is 16.1. The van der Waals surface area contributed by atoms with Gasteiger partial charge >= 0.3 is 0 Å². The Hall–Kier alpha value is -2.16. The van der Waals surface area contributed by atoms with Gasteiger partial charge in [-0.1, -0.05) is 18.5 Å². The second-order valence-corrected chi connectivity index (χ2v) is 11.4. The molecule has 0 amide bonds. The summed E-state index contributed by atoms with van der Waals surface area (Å²) in [7, 11) is 2.16. The lowest BCUT2D eigenvalue weighted by Crippen LogP contribution is -2.61. The molecule has 9 heteroatoms. The normalized spacial score (nSPS) is 21.2. The fourth-order valence-electron chi connectivity index (χ4n) is 5.46. The van der Waals surface area contributed by atoms with E-state index in [1.165, 1.54) is 6.20 Å². The zero-order valence-corrected chi connectivity index (χ0v) is 22.6. The van der Waals surface area contributed by atoms with Gasteiger partial charge in [-0.15, -0.1) is 0 Å². The molecule has 2 fully saturated rings. The van der Waals surface area contributed by atoms with Crippen LogP contribution in [-0.4, -0.2) is 76.7 Å². The maximum Gasteiger partial charge on any atom is 0.229 e. The Morgan fingerprint density at radius 3 is 2.37 bits per heavy atom. The van der Waals surface area contributed by atoms with Crippen LogP contribution in [0.15, 0.2) is 24.4 Å². The predicted octanol–water partition coefficient (Wildman–Crippen LogP) is 5.22. The number of anilines is 4. The smallest absolute Gasteiger partial charge is 0.229 e. The number of likely N-dealkylation sites (N-methyl/N-ethyl adjacent to an activating group) is 1. The zero-order valence-electron chi connectivity index (χ0n) is 21.8. The van der Waals surface area contributed by atoms with E-state index in [0.29, 0.717) is 5.95 Å². The number of piperidine rings is 1. The average molecular weight is 504 g/mol. The first-order chi connectivity index (χ1) is 16.5. The van der Waals surface area contributed by atoms with Crippen molar-refractivity contribution in [1.29, 1.82) is 0 Å². The van der Waals surface area contributed by atoms with Gasteiger partial charge in [-0.2, -0.15) is 4.98 Å². The minimum absolute atomic E-state index is 0.00762. The lowest BCUT2D eigenvalue weighted by Gasteiger charge is -2.53. The quantitative estimate of drug-likeness (QED) is 0.560. The van der Waals surface area contributed by atoms with Gasteiger partial charge in [-0.3, -0.25) is 4.90 Å². The highest BCUT2D eigenvalue weighted by molar-refractivity contribution is 6.33. The molecular weight excluding hydrogens is 465 g/mol. The monoisotopic (exact) mass is 503 g/mol. The summed E-state index contributed by atoms with van der Waals surface area (Å²) in [6.07, 6.45) is 3.01. The van der Waals surface area contributed by atoms with E-state index in [4.69, 9.17) is 11.6 Å². The van der Waals surface area contributed by atoms with E-state index in [9.17, 15) is 4.39 Å². The summed E-state index contributed by atoms with van der Waals surface area (Å²) in [6, 6.07) is 5.91. The number of likely N-dealkylation sites (tertiary alicyclic amines) is 1. The van der Waals surface area contributed by atoms with Gasteiger partial charge < -0.3 is 20.4 Å². The number of nitrogens with one attached hydrogen (secondary N) is 2. The maximum atomic E-state index is 14.7. The Morgan fingerprint density at radius 1 is 1.09 bits per heavy atom. The summed E-state index contributed by atoms with van der Waals surface area (Å²) < 4.78 is 14.7. The van der Waals surface area contributed by atoms with Crippen molar-refractivity contribution in [2.24, 2.45) is 0 Å². The Morgan fingerprint density at radius 2 is 1.74 bits per heavy atom. The molecule has 2 aliphatic rings. The van der Waals surface area contributed by atoms with Gasteiger partial charge in [-0.05, 0) is 72.3 Å². The third-order valence-electron chi connectivity index (χ3n) is 7.76. The number of benzene rings is 1. The minimum atomic E-state index is -0.448. The molecule has 3 heterocycles. The number of rotatable bonds is 6. The van der Waals surface area contributed by atoms with E-state index in [-0.39, 0.29) is 22.9 Å². The molecule has 0 radical (unpaired) electrons. The molecular formula is C26H39ClFN7. The van der Waals surface area contributed by atoms with Gasteiger partial charge in [0.2, 0.25) is 5.95 Å². The summed E-state index contributed by atoms with van der Waals surface area (Å²) in [5.41, 5.74) is 1.80. The van der Waals surface area contributed by atoms with Crippen molar-refractivity contribution < 1.29 is 4.39 Å². The van der Waals surface area contributed by atoms with Crippen molar-refractivity contribution in [3.05, 3.63) is 35.2 Å². The van der Waals surface area contributed by atoms with E-state index in [1.54, 1.807) is 0 Å². The molecule has 2 aromatic rings. The molecule has 1 aromatic heterocycles. The van der Waals surface area contributed by atoms with Crippen molar-refractivity contribution in [3.63, 3.8) is 0 Å². The number of aromatic nitrogens is 2. The first kappa shape index (κ1) is 25.9. The molecule has 7 nitrogen and oxygen atoms in total. The van der Waals surface area contributed by atoms with E-state index in [1.807, 2.05) is 18.2 Å². The highest BCUT2D eigenvalue weighted by atomic mass is 35.5. The molecule has 0 spiro atoms. The summed E-state index contributed by atoms with van der Waals surface area (Å²) in [4.78, 5) is 15.8. The van der Waals surface area contributed by atoms with Crippen molar-refractivity contribution >= 4 is 34.7 Å². The number of hydrogen-bond acceptors (Lipinski definition) is 7. The highest BCUT2D eigenvalue weighted by Crippen LogP contribution is 2.38. The number of piperazine rings is 1. The van der Waals surface area contributed by atoms with Gasteiger partial charge in [0.05, 0.1) is 16.9 Å². The fraction of sp³-hybridized carbons (Fsp3) is 0.615. The number of nitrogens with zero attached hydrogens (tertiary/aromatic N) is 5.